The average molecular weight is 476 g/mol. The van der Waals surface area contributed by atoms with Crippen molar-refractivity contribution < 1.29 is 23.9 Å². The van der Waals surface area contributed by atoms with E-state index in [1.54, 1.807) is 26.0 Å². The molecule has 5 rings (SSSR count). The van der Waals surface area contributed by atoms with E-state index in [1.807, 2.05) is 65.7 Å². The largest absolute Gasteiger partial charge is 0.497 e. The second-order valence-corrected chi connectivity index (χ2v) is 8.23. The number of fused-ring (bicyclic) bond motifs is 3. The van der Waals surface area contributed by atoms with Gasteiger partial charge in [-0.1, -0.05) is 30.3 Å². The maximum absolute atomic E-state index is 13.5. The van der Waals surface area contributed by atoms with Gasteiger partial charge in [-0.2, -0.15) is 0 Å². The molecule has 0 spiro atoms. The van der Waals surface area contributed by atoms with Crippen LogP contribution in [0.5, 0.6) is 5.75 Å². The van der Waals surface area contributed by atoms with Crippen LogP contribution >= 0.6 is 0 Å². The molecule has 3 amide bonds. The van der Waals surface area contributed by atoms with Crippen LogP contribution in [0.4, 0.5) is 10.5 Å². The molecule has 0 aliphatic carbocycles. The maximum atomic E-state index is 13.5. The summed E-state index contributed by atoms with van der Waals surface area (Å²) >= 11 is 0. The van der Waals surface area contributed by atoms with Crippen molar-refractivity contribution >= 4 is 35.3 Å². The van der Waals surface area contributed by atoms with Gasteiger partial charge in [-0.15, -0.1) is 0 Å². The number of carbonyl (C=O) groups excluding carboxylic acids is 3. The summed E-state index contributed by atoms with van der Waals surface area (Å²) in [5, 5.41) is 0. The summed E-state index contributed by atoms with van der Waals surface area (Å²) < 4.78 is 10.3. The Balaban J connectivity index is 1.55. The van der Waals surface area contributed by atoms with Gasteiger partial charge >= 0.3 is 12.0 Å². The summed E-state index contributed by atoms with van der Waals surface area (Å²) in [6.07, 6.45) is 1.14. The minimum absolute atomic E-state index is 0.163. The average Bonchev–Trinajstić information content (AvgIpc) is 3.43. The topological polar surface area (TPSA) is 95.0 Å². The number of hydrogen-bond donors (Lipinski definition) is 0. The Hall–Kier alpha value is -4.34. The van der Waals surface area contributed by atoms with Crippen LogP contribution in [-0.4, -0.2) is 78.1 Å². The SMILES string of the molecule is CCOC(=O)CN1C(=O)C2C(N=C3N(c4ccc(OC)cc4)C(c4ccccc4)=CN32)N(C)C1=O. The number of nitrogens with zero attached hydrogens (tertiary/aromatic N) is 5. The zero-order valence-corrected chi connectivity index (χ0v) is 19.6. The van der Waals surface area contributed by atoms with Crippen LogP contribution < -0.4 is 9.64 Å². The number of hydrogen-bond acceptors (Lipinski definition) is 8. The van der Waals surface area contributed by atoms with Crippen molar-refractivity contribution in [2.75, 3.05) is 32.2 Å². The van der Waals surface area contributed by atoms with Crippen LogP contribution in [-0.2, 0) is 14.3 Å². The summed E-state index contributed by atoms with van der Waals surface area (Å²) in [6, 6.07) is 15.9. The van der Waals surface area contributed by atoms with Gasteiger partial charge in [0.25, 0.3) is 5.91 Å². The van der Waals surface area contributed by atoms with Crippen LogP contribution in [0.3, 0.4) is 0 Å². The number of benzene rings is 2. The fraction of sp³-hybridized carbons (Fsp3) is 0.280. The molecule has 1 saturated heterocycles. The van der Waals surface area contributed by atoms with E-state index in [0.717, 1.165) is 21.8 Å². The zero-order chi connectivity index (χ0) is 24.7. The Morgan fingerprint density at radius 2 is 1.77 bits per heavy atom. The Bertz CT molecular complexity index is 1230. The van der Waals surface area contributed by atoms with Crippen molar-refractivity contribution in [3.8, 4) is 5.75 Å². The number of carbonyl (C=O) groups is 3. The van der Waals surface area contributed by atoms with Crippen LogP contribution in [0.25, 0.3) is 5.70 Å². The summed E-state index contributed by atoms with van der Waals surface area (Å²) in [4.78, 5) is 49.4. The molecule has 2 aromatic carbocycles. The molecule has 0 N–H and O–H groups in total. The number of urea groups is 1. The van der Waals surface area contributed by atoms with Crippen LogP contribution in [0.15, 0.2) is 65.8 Å². The number of esters is 1. The van der Waals surface area contributed by atoms with Gasteiger partial charge in [-0.05, 0) is 31.2 Å². The number of rotatable bonds is 6. The molecular weight excluding hydrogens is 450 g/mol. The Kier molecular flexibility index (Phi) is 5.64. The van der Waals surface area contributed by atoms with Gasteiger partial charge in [-0.25, -0.2) is 9.79 Å². The highest BCUT2D eigenvalue weighted by atomic mass is 16.5. The number of guanidine groups is 1. The maximum Gasteiger partial charge on any atom is 0.328 e. The van der Waals surface area contributed by atoms with Crippen molar-refractivity contribution in [2.24, 2.45) is 4.99 Å². The number of imide groups is 1. The van der Waals surface area contributed by atoms with Crippen LogP contribution in [0.1, 0.15) is 12.5 Å². The molecule has 3 aliphatic rings. The number of likely N-dealkylation sites (N-methyl/N-ethyl adjacent to an activating group) is 1. The third-order valence-corrected chi connectivity index (χ3v) is 6.20. The third-order valence-electron chi connectivity index (χ3n) is 6.20. The summed E-state index contributed by atoms with van der Waals surface area (Å²) in [5.74, 6) is 0.106. The Morgan fingerprint density at radius 3 is 2.43 bits per heavy atom. The van der Waals surface area contributed by atoms with Crippen molar-refractivity contribution in [1.29, 1.82) is 0 Å². The first-order valence-electron chi connectivity index (χ1n) is 11.3. The van der Waals surface area contributed by atoms with Crippen molar-refractivity contribution in [1.82, 2.24) is 14.7 Å². The zero-order valence-electron chi connectivity index (χ0n) is 19.6. The molecule has 2 atom stereocenters. The van der Waals surface area contributed by atoms with Crippen molar-refractivity contribution in [3.05, 3.63) is 66.4 Å². The quantitative estimate of drug-likeness (QED) is 0.592. The van der Waals surface area contributed by atoms with E-state index in [1.165, 1.54) is 4.90 Å². The van der Waals surface area contributed by atoms with Crippen molar-refractivity contribution in [2.45, 2.75) is 19.1 Å². The Morgan fingerprint density at radius 1 is 1.06 bits per heavy atom. The van der Waals surface area contributed by atoms with E-state index in [-0.39, 0.29) is 6.61 Å². The lowest BCUT2D eigenvalue weighted by molar-refractivity contribution is -0.150. The van der Waals surface area contributed by atoms with Gasteiger partial charge < -0.3 is 14.4 Å². The van der Waals surface area contributed by atoms with Gasteiger partial charge in [0.1, 0.15) is 12.3 Å². The molecule has 2 unspecified atom stereocenters. The number of methoxy groups -OCH3 is 1. The number of anilines is 1. The molecule has 10 nitrogen and oxygen atoms in total. The lowest BCUT2D eigenvalue weighted by Crippen LogP contribution is -2.65. The first kappa shape index (κ1) is 22.5. The predicted molar refractivity (Wildman–Crippen MR) is 128 cm³/mol. The van der Waals surface area contributed by atoms with Gasteiger partial charge in [0.05, 0.1) is 19.4 Å². The standard InChI is InChI=1S/C25H25N5O5/c1-4-35-20(31)15-29-23(32)21-22(27(2)25(29)33)26-24-28(21)14-19(16-8-6-5-7-9-16)30(24)17-10-12-18(34-3)13-11-17/h5-14,21-22H,4,15H2,1-3H3. The predicted octanol–water partition coefficient (Wildman–Crippen LogP) is 2.34. The highest BCUT2D eigenvalue weighted by molar-refractivity contribution is 6.16. The highest BCUT2D eigenvalue weighted by Crippen LogP contribution is 2.40. The summed E-state index contributed by atoms with van der Waals surface area (Å²) in [5.41, 5.74) is 2.59. The molecule has 2 aromatic rings. The minimum atomic E-state index is -0.802. The highest BCUT2D eigenvalue weighted by Gasteiger charge is 2.55. The number of aliphatic imine (C=N–C) groups is 1. The van der Waals surface area contributed by atoms with Gasteiger partial charge in [0, 0.05) is 24.5 Å². The molecule has 3 heterocycles. The minimum Gasteiger partial charge on any atom is -0.497 e. The number of ether oxygens (including phenoxy) is 2. The molecular formula is C25H25N5O5. The first-order valence-corrected chi connectivity index (χ1v) is 11.3. The van der Waals surface area contributed by atoms with E-state index in [4.69, 9.17) is 14.5 Å². The van der Waals surface area contributed by atoms with Gasteiger partial charge in [0.2, 0.25) is 5.96 Å². The van der Waals surface area contributed by atoms with E-state index in [9.17, 15) is 14.4 Å². The normalized spacial score (nSPS) is 21.0. The smallest absolute Gasteiger partial charge is 0.328 e. The van der Waals surface area contributed by atoms with Crippen molar-refractivity contribution in [3.63, 3.8) is 0 Å². The van der Waals surface area contributed by atoms with Gasteiger partial charge in [0.15, 0.2) is 12.2 Å². The van der Waals surface area contributed by atoms with Crippen LogP contribution in [0, 0.1) is 0 Å². The second kappa shape index (κ2) is 8.79. The molecule has 180 valence electrons. The van der Waals surface area contributed by atoms with E-state index >= 15 is 0 Å². The summed E-state index contributed by atoms with van der Waals surface area (Å²) in [6.45, 7) is 1.39. The lowest BCUT2D eigenvalue weighted by atomic mass is 10.1. The molecule has 0 bridgehead atoms. The molecule has 0 radical (unpaired) electrons. The third kappa shape index (κ3) is 3.67. The second-order valence-electron chi connectivity index (χ2n) is 8.23. The molecule has 10 heteroatoms. The van der Waals surface area contributed by atoms with E-state index in [2.05, 4.69) is 0 Å². The van der Waals surface area contributed by atoms with Gasteiger partial charge in [-0.3, -0.25) is 24.3 Å². The lowest BCUT2D eigenvalue weighted by Gasteiger charge is -2.39. The molecule has 0 aromatic heterocycles. The summed E-state index contributed by atoms with van der Waals surface area (Å²) in [7, 11) is 3.19. The fourth-order valence-electron chi connectivity index (χ4n) is 4.51. The van der Waals surface area contributed by atoms with E-state index < -0.39 is 36.7 Å². The first-order chi connectivity index (χ1) is 16.9. The molecule has 35 heavy (non-hydrogen) atoms. The molecule has 0 saturated carbocycles. The fourth-order valence-corrected chi connectivity index (χ4v) is 4.51. The van der Waals surface area contributed by atoms with E-state index in [0.29, 0.717) is 11.7 Å². The molecule has 1 fully saturated rings. The monoisotopic (exact) mass is 475 g/mol. The van der Waals surface area contributed by atoms with Crippen LogP contribution in [0.2, 0.25) is 0 Å². The number of amides is 3. The molecule has 3 aliphatic heterocycles. The Labute approximate surface area is 202 Å².